The highest BCUT2D eigenvalue weighted by atomic mass is 35.5. The monoisotopic (exact) mass is 370 g/mol. The molecule has 3 aromatic rings. The third-order valence-corrected chi connectivity index (χ3v) is 4.32. The smallest absolute Gasteiger partial charge is 0.274 e. The highest BCUT2D eigenvalue weighted by Crippen LogP contribution is 2.19. The van der Waals surface area contributed by atoms with Crippen LogP contribution in [0.15, 0.2) is 42.5 Å². The number of hydrogen-bond acceptors (Lipinski definition) is 4. The molecule has 0 bridgehead atoms. The van der Waals surface area contributed by atoms with Gasteiger partial charge in [0, 0.05) is 11.6 Å². The number of aromatic nitrogens is 3. The van der Waals surface area contributed by atoms with Crippen LogP contribution in [0.5, 0.6) is 5.75 Å². The largest absolute Gasteiger partial charge is 0.496 e. The number of ether oxygens (including phenoxy) is 1. The molecule has 6 nitrogen and oxygen atoms in total. The summed E-state index contributed by atoms with van der Waals surface area (Å²) in [5.74, 6) is 0.509. The van der Waals surface area contributed by atoms with E-state index in [-0.39, 0.29) is 11.6 Å². The Bertz CT molecular complexity index is 952. The molecule has 0 aliphatic rings. The van der Waals surface area contributed by atoms with Crippen LogP contribution in [0.25, 0.3) is 5.69 Å². The van der Waals surface area contributed by atoms with E-state index in [0.717, 1.165) is 22.6 Å². The van der Waals surface area contributed by atoms with Crippen molar-refractivity contribution in [2.45, 2.75) is 20.4 Å². The molecule has 7 heteroatoms. The summed E-state index contributed by atoms with van der Waals surface area (Å²) < 4.78 is 6.90. The molecule has 0 saturated heterocycles. The van der Waals surface area contributed by atoms with Crippen molar-refractivity contribution in [3.8, 4) is 11.4 Å². The molecular weight excluding hydrogens is 352 g/mol. The highest BCUT2D eigenvalue weighted by molar-refractivity contribution is 6.30. The van der Waals surface area contributed by atoms with Crippen molar-refractivity contribution in [1.82, 2.24) is 20.3 Å². The molecule has 2 aromatic carbocycles. The second kappa shape index (κ2) is 7.58. The number of nitrogens with one attached hydrogen (secondary N) is 1. The van der Waals surface area contributed by atoms with Crippen molar-refractivity contribution >= 4 is 17.5 Å². The standard InChI is InChI=1S/C19H19ClN4O2/c1-12-7-8-14(9-17(12)26-3)11-21-19(25)18-13(2)24(23-22-18)16-6-4-5-15(20)10-16/h4-10H,11H2,1-3H3,(H,21,25). The molecule has 134 valence electrons. The number of halogens is 1. The van der Waals surface area contributed by atoms with Crippen LogP contribution in [-0.2, 0) is 6.54 Å². The Morgan fingerprint density at radius 3 is 2.77 bits per heavy atom. The van der Waals surface area contributed by atoms with Crippen molar-refractivity contribution in [2.24, 2.45) is 0 Å². The minimum absolute atomic E-state index is 0.282. The van der Waals surface area contributed by atoms with Gasteiger partial charge in [-0.2, -0.15) is 0 Å². The first kappa shape index (κ1) is 17.9. The van der Waals surface area contributed by atoms with Gasteiger partial charge in [0.05, 0.1) is 18.5 Å². The predicted molar refractivity (Wildman–Crippen MR) is 100 cm³/mol. The SMILES string of the molecule is COc1cc(CNC(=O)c2nnn(-c3cccc(Cl)c3)c2C)ccc1C. The normalized spacial score (nSPS) is 10.6. The van der Waals surface area contributed by atoms with Crippen molar-refractivity contribution in [3.63, 3.8) is 0 Å². The highest BCUT2D eigenvalue weighted by Gasteiger charge is 2.17. The summed E-state index contributed by atoms with van der Waals surface area (Å²) in [6, 6.07) is 13.0. The molecule has 1 amide bonds. The van der Waals surface area contributed by atoms with Gasteiger partial charge in [-0.25, -0.2) is 4.68 Å². The predicted octanol–water partition coefficient (Wildman–Crippen LogP) is 3.48. The molecule has 26 heavy (non-hydrogen) atoms. The number of aryl methyl sites for hydroxylation is 1. The molecule has 1 heterocycles. The van der Waals surface area contributed by atoms with Crippen LogP contribution in [0.4, 0.5) is 0 Å². The maximum atomic E-state index is 12.5. The van der Waals surface area contributed by atoms with E-state index in [4.69, 9.17) is 16.3 Å². The van der Waals surface area contributed by atoms with Gasteiger partial charge in [-0.3, -0.25) is 4.79 Å². The molecular formula is C19H19ClN4O2. The Morgan fingerprint density at radius 2 is 2.04 bits per heavy atom. The number of methoxy groups -OCH3 is 1. The van der Waals surface area contributed by atoms with Gasteiger partial charge >= 0.3 is 0 Å². The summed E-state index contributed by atoms with van der Waals surface area (Å²) in [5, 5.41) is 11.5. The average Bonchev–Trinajstić information content (AvgIpc) is 3.02. The Kier molecular flexibility index (Phi) is 5.23. The molecule has 0 saturated carbocycles. The lowest BCUT2D eigenvalue weighted by Crippen LogP contribution is -2.24. The first-order chi connectivity index (χ1) is 12.5. The van der Waals surface area contributed by atoms with Crippen molar-refractivity contribution in [3.05, 3.63) is 70.0 Å². The second-order valence-electron chi connectivity index (χ2n) is 5.90. The first-order valence-electron chi connectivity index (χ1n) is 8.09. The fourth-order valence-corrected chi connectivity index (χ4v) is 2.82. The molecule has 3 rings (SSSR count). The number of carbonyl (C=O) groups is 1. The van der Waals surface area contributed by atoms with E-state index in [1.807, 2.05) is 37.3 Å². The molecule has 0 aliphatic heterocycles. The lowest BCUT2D eigenvalue weighted by atomic mass is 10.1. The first-order valence-corrected chi connectivity index (χ1v) is 8.47. The molecule has 1 aromatic heterocycles. The molecule has 1 N–H and O–H groups in total. The maximum absolute atomic E-state index is 12.5. The van der Waals surface area contributed by atoms with Gasteiger partial charge in [0.2, 0.25) is 0 Å². The van der Waals surface area contributed by atoms with Crippen molar-refractivity contribution < 1.29 is 9.53 Å². The summed E-state index contributed by atoms with van der Waals surface area (Å²) >= 11 is 6.02. The van der Waals surface area contributed by atoms with E-state index in [1.165, 1.54) is 0 Å². The van der Waals surface area contributed by atoms with Gasteiger partial charge < -0.3 is 10.1 Å². The fraction of sp³-hybridized carbons (Fsp3) is 0.211. The Hall–Kier alpha value is -2.86. The van der Waals surface area contributed by atoms with Crippen LogP contribution in [0, 0.1) is 13.8 Å². The Morgan fingerprint density at radius 1 is 1.23 bits per heavy atom. The lowest BCUT2D eigenvalue weighted by Gasteiger charge is -2.09. The molecule has 0 atom stereocenters. The molecule has 0 radical (unpaired) electrons. The van der Waals surface area contributed by atoms with Crippen molar-refractivity contribution in [1.29, 1.82) is 0 Å². The molecule has 0 unspecified atom stereocenters. The lowest BCUT2D eigenvalue weighted by molar-refractivity contribution is 0.0945. The molecule has 0 spiro atoms. The summed E-state index contributed by atoms with van der Waals surface area (Å²) in [4.78, 5) is 12.5. The van der Waals surface area contributed by atoms with E-state index in [9.17, 15) is 4.79 Å². The number of rotatable bonds is 5. The van der Waals surface area contributed by atoms with Gasteiger partial charge in [-0.1, -0.05) is 35.0 Å². The van der Waals surface area contributed by atoms with E-state index in [1.54, 1.807) is 30.8 Å². The zero-order valence-electron chi connectivity index (χ0n) is 14.8. The fourth-order valence-electron chi connectivity index (χ4n) is 2.63. The Labute approximate surface area is 156 Å². The van der Waals surface area contributed by atoms with E-state index in [0.29, 0.717) is 17.3 Å². The van der Waals surface area contributed by atoms with Gasteiger partial charge in [0.1, 0.15) is 5.75 Å². The van der Waals surface area contributed by atoms with Crippen molar-refractivity contribution in [2.75, 3.05) is 7.11 Å². The zero-order chi connectivity index (χ0) is 18.7. The topological polar surface area (TPSA) is 69.0 Å². The second-order valence-corrected chi connectivity index (χ2v) is 6.34. The van der Waals surface area contributed by atoms with Crippen LogP contribution < -0.4 is 10.1 Å². The van der Waals surface area contributed by atoms with E-state index in [2.05, 4.69) is 15.6 Å². The van der Waals surface area contributed by atoms with E-state index >= 15 is 0 Å². The molecule has 0 aliphatic carbocycles. The van der Waals surface area contributed by atoms with Gasteiger partial charge in [-0.05, 0) is 49.2 Å². The summed E-state index contributed by atoms with van der Waals surface area (Å²) in [6.45, 7) is 4.14. The van der Waals surface area contributed by atoms with Gasteiger partial charge in [0.25, 0.3) is 5.91 Å². The number of hydrogen-bond donors (Lipinski definition) is 1. The molecule has 0 fully saturated rings. The summed E-state index contributed by atoms with van der Waals surface area (Å²) in [6.07, 6.45) is 0. The third kappa shape index (κ3) is 3.70. The average molecular weight is 371 g/mol. The van der Waals surface area contributed by atoms with Crippen LogP contribution in [0.2, 0.25) is 5.02 Å². The van der Waals surface area contributed by atoms with Crippen LogP contribution in [0.3, 0.4) is 0 Å². The van der Waals surface area contributed by atoms with Crippen LogP contribution in [-0.4, -0.2) is 28.0 Å². The van der Waals surface area contributed by atoms with Crippen LogP contribution >= 0.6 is 11.6 Å². The zero-order valence-corrected chi connectivity index (χ0v) is 15.5. The number of nitrogens with zero attached hydrogens (tertiary/aromatic N) is 3. The number of amides is 1. The maximum Gasteiger partial charge on any atom is 0.274 e. The quantitative estimate of drug-likeness (QED) is 0.746. The van der Waals surface area contributed by atoms with Crippen LogP contribution in [0.1, 0.15) is 27.3 Å². The van der Waals surface area contributed by atoms with Gasteiger partial charge in [-0.15, -0.1) is 5.10 Å². The summed E-state index contributed by atoms with van der Waals surface area (Å²) in [7, 11) is 1.63. The number of benzene rings is 2. The Balaban J connectivity index is 1.75. The van der Waals surface area contributed by atoms with Gasteiger partial charge in [0.15, 0.2) is 5.69 Å². The minimum atomic E-state index is -0.282. The summed E-state index contributed by atoms with van der Waals surface area (Å²) in [5.41, 5.74) is 3.67. The minimum Gasteiger partial charge on any atom is -0.496 e. The van der Waals surface area contributed by atoms with E-state index < -0.39 is 0 Å². The third-order valence-electron chi connectivity index (χ3n) is 4.09. The number of carbonyl (C=O) groups excluding carboxylic acids is 1.